The molecule has 0 saturated heterocycles. The molecule has 1 heterocycles. The van der Waals surface area contributed by atoms with Gasteiger partial charge in [-0.05, 0) is 37.0 Å². The number of carbonyl (C=O) groups is 1. The molecule has 1 aromatic rings. The van der Waals surface area contributed by atoms with Crippen LogP contribution < -0.4 is 11.1 Å². The Morgan fingerprint density at radius 3 is 3.00 bits per heavy atom. The fraction of sp³-hybridized carbons (Fsp3) is 0.364. The third-order valence-corrected chi connectivity index (χ3v) is 2.63. The summed E-state index contributed by atoms with van der Waals surface area (Å²) in [5.74, 6) is -0.691. The Morgan fingerprint density at radius 1 is 1.53 bits per heavy atom. The number of carbonyl (C=O) groups excluding carboxylic acids is 1. The van der Waals surface area contributed by atoms with Gasteiger partial charge >= 0.3 is 0 Å². The molecular formula is C11H13FN2O. The van der Waals surface area contributed by atoms with E-state index in [0.29, 0.717) is 18.5 Å². The zero-order valence-corrected chi connectivity index (χ0v) is 8.51. The Morgan fingerprint density at radius 2 is 2.27 bits per heavy atom. The molecule has 0 spiro atoms. The van der Waals surface area contributed by atoms with Gasteiger partial charge in [-0.3, -0.25) is 4.79 Å². The smallest absolute Gasteiger partial charge is 0.241 e. The highest BCUT2D eigenvalue weighted by Gasteiger charge is 2.22. The number of anilines is 1. The lowest BCUT2D eigenvalue weighted by atomic mass is 10.0. The maximum Gasteiger partial charge on any atom is 0.241 e. The SMILES string of the molecule is Cc1cc(F)c2c(c1)CCC(N)C(=O)N2. The Hall–Kier alpha value is -1.42. The van der Waals surface area contributed by atoms with Crippen molar-refractivity contribution in [3.05, 3.63) is 29.1 Å². The summed E-state index contributed by atoms with van der Waals surface area (Å²) in [6.07, 6.45) is 1.19. The molecule has 1 aliphatic rings. The van der Waals surface area contributed by atoms with Gasteiger partial charge in [0.25, 0.3) is 0 Å². The van der Waals surface area contributed by atoms with Gasteiger partial charge in [0.15, 0.2) is 0 Å². The Bertz CT molecular complexity index is 417. The molecule has 2 rings (SSSR count). The van der Waals surface area contributed by atoms with E-state index >= 15 is 0 Å². The summed E-state index contributed by atoms with van der Waals surface area (Å²) in [7, 11) is 0. The number of hydrogen-bond donors (Lipinski definition) is 2. The predicted molar refractivity (Wildman–Crippen MR) is 56.1 cm³/mol. The Kier molecular flexibility index (Phi) is 2.44. The molecule has 0 fully saturated rings. The lowest BCUT2D eigenvalue weighted by molar-refractivity contribution is -0.117. The molecule has 1 amide bonds. The summed E-state index contributed by atoms with van der Waals surface area (Å²) in [5.41, 5.74) is 7.59. The molecule has 3 nitrogen and oxygen atoms in total. The van der Waals surface area contributed by atoms with E-state index in [1.54, 1.807) is 0 Å². The van der Waals surface area contributed by atoms with Crippen molar-refractivity contribution in [1.29, 1.82) is 0 Å². The summed E-state index contributed by atoms with van der Waals surface area (Å²) in [4.78, 5) is 11.4. The average Bonchev–Trinajstić information content (AvgIpc) is 2.30. The van der Waals surface area contributed by atoms with E-state index in [-0.39, 0.29) is 11.7 Å². The van der Waals surface area contributed by atoms with Gasteiger partial charge in [0.1, 0.15) is 5.82 Å². The minimum Gasteiger partial charge on any atom is -0.322 e. The normalized spacial score (nSPS) is 20.5. The minimum atomic E-state index is -0.544. The number of benzene rings is 1. The maximum absolute atomic E-state index is 13.6. The number of hydrogen-bond acceptors (Lipinski definition) is 2. The van der Waals surface area contributed by atoms with E-state index in [4.69, 9.17) is 5.73 Å². The highest BCUT2D eigenvalue weighted by atomic mass is 19.1. The molecule has 0 aliphatic carbocycles. The topological polar surface area (TPSA) is 55.1 Å². The highest BCUT2D eigenvalue weighted by molar-refractivity contribution is 5.96. The minimum absolute atomic E-state index is 0.290. The van der Waals surface area contributed by atoms with Crippen LogP contribution in [0.4, 0.5) is 10.1 Å². The van der Waals surface area contributed by atoms with Gasteiger partial charge in [0, 0.05) is 0 Å². The van der Waals surface area contributed by atoms with E-state index in [2.05, 4.69) is 5.32 Å². The van der Waals surface area contributed by atoms with Crippen LogP contribution in [0.25, 0.3) is 0 Å². The van der Waals surface area contributed by atoms with Crippen LogP contribution in [0, 0.1) is 12.7 Å². The molecule has 4 heteroatoms. The molecule has 1 unspecified atom stereocenters. The average molecular weight is 208 g/mol. The molecule has 0 bridgehead atoms. The van der Waals surface area contributed by atoms with Crippen molar-refractivity contribution in [2.24, 2.45) is 5.73 Å². The van der Waals surface area contributed by atoms with Crippen molar-refractivity contribution < 1.29 is 9.18 Å². The molecule has 0 saturated carbocycles. The van der Waals surface area contributed by atoms with Gasteiger partial charge in [-0.25, -0.2) is 4.39 Å². The fourth-order valence-corrected chi connectivity index (χ4v) is 1.81. The first-order valence-corrected chi connectivity index (χ1v) is 4.93. The van der Waals surface area contributed by atoms with Crippen LogP contribution in [0.2, 0.25) is 0 Å². The van der Waals surface area contributed by atoms with Crippen LogP contribution >= 0.6 is 0 Å². The lowest BCUT2D eigenvalue weighted by Crippen LogP contribution is -2.34. The molecule has 0 aromatic heterocycles. The van der Waals surface area contributed by atoms with Crippen molar-refractivity contribution >= 4 is 11.6 Å². The number of amides is 1. The first-order chi connectivity index (χ1) is 7.08. The first kappa shape index (κ1) is 10.1. The van der Waals surface area contributed by atoms with Crippen LogP contribution in [-0.2, 0) is 11.2 Å². The molecular weight excluding hydrogens is 195 g/mol. The van der Waals surface area contributed by atoms with Crippen LogP contribution in [0.1, 0.15) is 17.5 Å². The van der Waals surface area contributed by atoms with Crippen LogP contribution in [-0.4, -0.2) is 11.9 Å². The van der Waals surface area contributed by atoms with Gasteiger partial charge in [-0.15, -0.1) is 0 Å². The molecule has 1 aliphatic heterocycles. The van der Waals surface area contributed by atoms with Crippen molar-refractivity contribution in [3.63, 3.8) is 0 Å². The highest BCUT2D eigenvalue weighted by Crippen LogP contribution is 2.26. The number of rotatable bonds is 0. The van der Waals surface area contributed by atoms with Gasteiger partial charge in [-0.1, -0.05) is 6.07 Å². The third kappa shape index (κ3) is 1.85. The van der Waals surface area contributed by atoms with Crippen LogP contribution in [0.5, 0.6) is 0 Å². The second kappa shape index (κ2) is 3.62. The van der Waals surface area contributed by atoms with Gasteiger partial charge in [0.05, 0.1) is 11.7 Å². The largest absolute Gasteiger partial charge is 0.322 e. The van der Waals surface area contributed by atoms with Crippen LogP contribution in [0.3, 0.4) is 0 Å². The number of halogens is 1. The van der Waals surface area contributed by atoms with E-state index in [1.807, 2.05) is 13.0 Å². The maximum atomic E-state index is 13.6. The Balaban J connectivity index is 2.47. The molecule has 1 aromatic carbocycles. The zero-order chi connectivity index (χ0) is 11.0. The summed E-state index contributed by atoms with van der Waals surface area (Å²) in [5, 5.41) is 2.53. The molecule has 3 N–H and O–H groups in total. The monoisotopic (exact) mass is 208 g/mol. The quantitative estimate of drug-likeness (QED) is 0.676. The molecule has 80 valence electrons. The summed E-state index contributed by atoms with van der Waals surface area (Å²) >= 11 is 0. The van der Waals surface area contributed by atoms with Crippen LogP contribution in [0.15, 0.2) is 12.1 Å². The number of nitrogens with one attached hydrogen (secondary N) is 1. The van der Waals surface area contributed by atoms with Gasteiger partial charge in [0.2, 0.25) is 5.91 Å². The molecule has 1 atom stereocenters. The number of aryl methyl sites for hydroxylation is 2. The van der Waals surface area contributed by atoms with Gasteiger partial charge < -0.3 is 11.1 Å². The summed E-state index contributed by atoms with van der Waals surface area (Å²) in [6.45, 7) is 1.83. The van der Waals surface area contributed by atoms with Gasteiger partial charge in [-0.2, -0.15) is 0 Å². The predicted octanol–water partition coefficient (Wildman–Crippen LogP) is 1.35. The number of fused-ring (bicyclic) bond motifs is 1. The zero-order valence-electron chi connectivity index (χ0n) is 8.51. The summed E-state index contributed by atoms with van der Waals surface area (Å²) < 4.78 is 13.6. The second-order valence-corrected chi connectivity index (χ2v) is 3.92. The van der Waals surface area contributed by atoms with E-state index < -0.39 is 6.04 Å². The fourth-order valence-electron chi connectivity index (χ4n) is 1.81. The second-order valence-electron chi connectivity index (χ2n) is 3.92. The third-order valence-electron chi connectivity index (χ3n) is 2.63. The van der Waals surface area contributed by atoms with Crippen molar-refractivity contribution in [2.75, 3.05) is 5.32 Å². The Labute approximate surface area is 87.5 Å². The lowest BCUT2D eigenvalue weighted by Gasteiger charge is -2.09. The number of nitrogens with two attached hydrogens (primary N) is 1. The van der Waals surface area contributed by atoms with E-state index in [9.17, 15) is 9.18 Å². The van der Waals surface area contributed by atoms with E-state index in [0.717, 1.165) is 11.1 Å². The van der Waals surface area contributed by atoms with E-state index in [1.165, 1.54) is 6.07 Å². The van der Waals surface area contributed by atoms with Crippen molar-refractivity contribution in [2.45, 2.75) is 25.8 Å². The molecule has 0 radical (unpaired) electrons. The summed E-state index contributed by atoms with van der Waals surface area (Å²) in [6, 6.07) is 2.75. The first-order valence-electron chi connectivity index (χ1n) is 4.93. The standard InChI is InChI=1S/C11H13FN2O/c1-6-4-7-2-3-9(13)11(15)14-10(7)8(12)5-6/h4-5,9H,2-3,13H2,1H3,(H,14,15). The van der Waals surface area contributed by atoms with Crippen molar-refractivity contribution in [1.82, 2.24) is 0 Å². The van der Waals surface area contributed by atoms with Crippen molar-refractivity contribution in [3.8, 4) is 0 Å². The molecule has 15 heavy (non-hydrogen) atoms.